The number of carbonyl (C=O) groups excluding carboxylic acids is 2. The standard InChI is InChI=1S/C13H17N3O2/c1-9(17)11-4-3-10(7-12(11)14)16-6-5-15(2)13(18)8-16/h3-4,7H,5-6,8,14H2,1-2H3. The van der Waals surface area contributed by atoms with E-state index in [2.05, 4.69) is 0 Å². The van der Waals surface area contributed by atoms with Gasteiger partial charge in [0.2, 0.25) is 5.91 Å². The number of benzene rings is 1. The second kappa shape index (κ2) is 4.68. The van der Waals surface area contributed by atoms with Crippen molar-refractivity contribution in [1.82, 2.24) is 4.90 Å². The quantitative estimate of drug-likeness (QED) is 0.618. The number of nitrogens with zero attached hydrogens (tertiary/aromatic N) is 2. The lowest BCUT2D eigenvalue weighted by atomic mass is 10.1. The number of hydrogen-bond donors (Lipinski definition) is 1. The second-order valence-electron chi connectivity index (χ2n) is 4.56. The van der Waals surface area contributed by atoms with Crippen molar-refractivity contribution < 1.29 is 9.59 Å². The van der Waals surface area contributed by atoms with Crippen molar-refractivity contribution in [1.29, 1.82) is 0 Å². The molecule has 1 aliphatic rings. The van der Waals surface area contributed by atoms with Crippen LogP contribution in [0.4, 0.5) is 11.4 Å². The average Bonchev–Trinajstić information content (AvgIpc) is 2.32. The van der Waals surface area contributed by atoms with Gasteiger partial charge in [0, 0.05) is 37.1 Å². The number of hydrogen-bond acceptors (Lipinski definition) is 4. The predicted octanol–water partition coefficient (Wildman–Crippen LogP) is 0.750. The van der Waals surface area contributed by atoms with Crippen molar-refractivity contribution in [2.75, 3.05) is 37.3 Å². The summed E-state index contributed by atoms with van der Waals surface area (Å²) in [5.74, 6) is 0.0453. The summed E-state index contributed by atoms with van der Waals surface area (Å²) in [4.78, 5) is 26.6. The third-order valence-corrected chi connectivity index (χ3v) is 3.24. The lowest BCUT2D eigenvalue weighted by molar-refractivity contribution is -0.129. The van der Waals surface area contributed by atoms with E-state index in [9.17, 15) is 9.59 Å². The number of nitrogen functional groups attached to an aromatic ring is 1. The summed E-state index contributed by atoms with van der Waals surface area (Å²) >= 11 is 0. The molecule has 0 radical (unpaired) electrons. The molecule has 18 heavy (non-hydrogen) atoms. The number of ketones is 1. The Morgan fingerprint density at radius 3 is 2.61 bits per heavy atom. The fourth-order valence-electron chi connectivity index (χ4n) is 2.05. The zero-order valence-electron chi connectivity index (χ0n) is 10.6. The lowest BCUT2D eigenvalue weighted by Crippen LogP contribution is -2.48. The SMILES string of the molecule is CC(=O)c1ccc(N2CCN(C)C(=O)C2)cc1N. The molecule has 0 bridgehead atoms. The number of nitrogens with two attached hydrogens (primary N) is 1. The molecule has 1 fully saturated rings. The number of carbonyl (C=O) groups is 2. The molecule has 1 heterocycles. The van der Waals surface area contributed by atoms with E-state index >= 15 is 0 Å². The monoisotopic (exact) mass is 247 g/mol. The van der Waals surface area contributed by atoms with Crippen molar-refractivity contribution in [3.05, 3.63) is 23.8 Å². The summed E-state index contributed by atoms with van der Waals surface area (Å²) in [5, 5.41) is 0. The zero-order valence-corrected chi connectivity index (χ0v) is 10.6. The second-order valence-corrected chi connectivity index (χ2v) is 4.56. The van der Waals surface area contributed by atoms with Crippen LogP contribution in [0.3, 0.4) is 0 Å². The molecule has 1 aromatic carbocycles. The van der Waals surface area contributed by atoms with Crippen LogP contribution in [0.1, 0.15) is 17.3 Å². The molecule has 2 rings (SSSR count). The molecule has 0 unspecified atom stereocenters. The van der Waals surface area contributed by atoms with Crippen LogP contribution in [0.15, 0.2) is 18.2 Å². The molecule has 5 heteroatoms. The molecule has 1 aromatic rings. The maximum Gasteiger partial charge on any atom is 0.241 e. The number of Topliss-reactive ketones (excluding diaryl/α,β-unsaturated/α-hetero) is 1. The summed E-state index contributed by atoms with van der Waals surface area (Å²) in [5.41, 5.74) is 7.73. The van der Waals surface area contributed by atoms with Gasteiger partial charge in [-0.1, -0.05) is 0 Å². The molecule has 0 aromatic heterocycles. The molecule has 1 aliphatic heterocycles. The fourth-order valence-corrected chi connectivity index (χ4v) is 2.05. The first-order chi connectivity index (χ1) is 8.49. The van der Waals surface area contributed by atoms with Crippen molar-refractivity contribution in [3.8, 4) is 0 Å². The molecule has 0 aliphatic carbocycles. The highest BCUT2D eigenvalue weighted by Gasteiger charge is 2.21. The zero-order chi connectivity index (χ0) is 13.3. The van der Waals surface area contributed by atoms with Gasteiger partial charge in [-0.2, -0.15) is 0 Å². The van der Waals surface area contributed by atoms with Gasteiger partial charge < -0.3 is 15.5 Å². The Bertz CT molecular complexity index is 499. The smallest absolute Gasteiger partial charge is 0.241 e. The minimum atomic E-state index is -0.0477. The fraction of sp³-hybridized carbons (Fsp3) is 0.385. The van der Waals surface area contributed by atoms with Gasteiger partial charge >= 0.3 is 0 Å². The minimum absolute atomic E-state index is 0.0477. The number of piperazine rings is 1. The van der Waals surface area contributed by atoms with E-state index in [1.165, 1.54) is 6.92 Å². The lowest BCUT2D eigenvalue weighted by Gasteiger charge is -2.33. The molecular weight excluding hydrogens is 230 g/mol. The highest BCUT2D eigenvalue weighted by molar-refractivity contribution is 5.99. The van der Waals surface area contributed by atoms with Crippen LogP contribution in [0.2, 0.25) is 0 Å². The topological polar surface area (TPSA) is 66.6 Å². The van der Waals surface area contributed by atoms with Crippen LogP contribution in [0.25, 0.3) is 0 Å². The maximum atomic E-state index is 11.6. The first-order valence-corrected chi connectivity index (χ1v) is 5.88. The Morgan fingerprint density at radius 2 is 2.06 bits per heavy atom. The van der Waals surface area contributed by atoms with Crippen LogP contribution in [-0.4, -0.2) is 43.3 Å². The predicted molar refractivity (Wildman–Crippen MR) is 70.7 cm³/mol. The van der Waals surface area contributed by atoms with E-state index in [0.717, 1.165) is 12.2 Å². The van der Waals surface area contributed by atoms with Gasteiger partial charge in [-0.25, -0.2) is 0 Å². The Balaban J connectivity index is 2.22. The number of rotatable bonds is 2. The van der Waals surface area contributed by atoms with Crippen molar-refractivity contribution in [2.24, 2.45) is 0 Å². The Morgan fingerprint density at radius 1 is 1.33 bits per heavy atom. The Labute approximate surface area is 106 Å². The van der Waals surface area contributed by atoms with Gasteiger partial charge in [0.25, 0.3) is 0 Å². The molecular formula is C13H17N3O2. The van der Waals surface area contributed by atoms with Crippen LogP contribution in [-0.2, 0) is 4.79 Å². The van der Waals surface area contributed by atoms with Gasteiger partial charge in [-0.15, -0.1) is 0 Å². The van der Waals surface area contributed by atoms with Gasteiger partial charge in [0.05, 0.1) is 6.54 Å². The molecule has 0 spiro atoms. The summed E-state index contributed by atoms with van der Waals surface area (Å²) in [6, 6.07) is 5.32. The highest BCUT2D eigenvalue weighted by Crippen LogP contribution is 2.23. The summed E-state index contributed by atoms with van der Waals surface area (Å²) in [6.07, 6.45) is 0. The van der Waals surface area contributed by atoms with Gasteiger partial charge in [-0.3, -0.25) is 9.59 Å². The highest BCUT2D eigenvalue weighted by atomic mass is 16.2. The van der Waals surface area contributed by atoms with Crippen LogP contribution in [0.5, 0.6) is 0 Å². The Hall–Kier alpha value is -2.04. The van der Waals surface area contributed by atoms with E-state index in [1.54, 1.807) is 24.1 Å². The molecule has 5 nitrogen and oxygen atoms in total. The number of amides is 1. The van der Waals surface area contributed by atoms with E-state index in [4.69, 9.17) is 5.73 Å². The first kappa shape index (κ1) is 12.4. The normalized spacial score (nSPS) is 16.0. The van der Waals surface area contributed by atoms with Crippen molar-refractivity contribution in [2.45, 2.75) is 6.92 Å². The van der Waals surface area contributed by atoms with E-state index in [1.807, 2.05) is 11.0 Å². The largest absolute Gasteiger partial charge is 0.398 e. The van der Waals surface area contributed by atoms with Crippen LogP contribution >= 0.6 is 0 Å². The van der Waals surface area contributed by atoms with Crippen molar-refractivity contribution in [3.63, 3.8) is 0 Å². The molecule has 1 amide bonds. The van der Waals surface area contributed by atoms with Crippen LogP contribution < -0.4 is 10.6 Å². The molecule has 96 valence electrons. The molecule has 0 atom stereocenters. The minimum Gasteiger partial charge on any atom is -0.398 e. The third-order valence-electron chi connectivity index (χ3n) is 3.24. The van der Waals surface area contributed by atoms with Gasteiger partial charge in [0.1, 0.15) is 0 Å². The molecule has 0 saturated carbocycles. The number of likely N-dealkylation sites (N-methyl/N-ethyl adjacent to an activating group) is 1. The van der Waals surface area contributed by atoms with Gasteiger partial charge in [-0.05, 0) is 25.1 Å². The van der Waals surface area contributed by atoms with Crippen LogP contribution in [0, 0.1) is 0 Å². The van der Waals surface area contributed by atoms with E-state index < -0.39 is 0 Å². The van der Waals surface area contributed by atoms with Crippen molar-refractivity contribution >= 4 is 23.1 Å². The summed E-state index contributed by atoms with van der Waals surface area (Å²) in [7, 11) is 1.80. The van der Waals surface area contributed by atoms with E-state index in [-0.39, 0.29) is 11.7 Å². The molecule has 2 N–H and O–H groups in total. The maximum absolute atomic E-state index is 11.6. The Kier molecular flexibility index (Phi) is 3.23. The first-order valence-electron chi connectivity index (χ1n) is 5.88. The third kappa shape index (κ3) is 2.30. The van der Waals surface area contributed by atoms with E-state index in [0.29, 0.717) is 24.3 Å². The average molecular weight is 247 g/mol. The summed E-state index contributed by atoms with van der Waals surface area (Å²) < 4.78 is 0. The number of anilines is 2. The summed E-state index contributed by atoms with van der Waals surface area (Å²) in [6.45, 7) is 3.33. The molecule has 1 saturated heterocycles. The van der Waals surface area contributed by atoms with Gasteiger partial charge in [0.15, 0.2) is 5.78 Å².